The highest BCUT2D eigenvalue weighted by atomic mass is 32.1. The molecule has 1 unspecified atom stereocenters. The van der Waals surface area contributed by atoms with Crippen LogP contribution in [0.3, 0.4) is 0 Å². The molecule has 1 atom stereocenters. The van der Waals surface area contributed by atoms with E-state index in [2.05, 4.69) is 15.3 Å². The second-order valence-corrected chi connectivity index (χ2v) is 4.48. The van der Waals surface area contributed by atoms with Crippen LogP contribution in [0.5, 0.6) is 0 Å². The van der Waals surface area contributed by atoms with Gasteiger partial charge in [0.1, 0.15) is 11.0 Å². The van der Waals surface area contributed by atoms with E-state index in [1.807, 2.05) is 42.6 Å². The molecule has 2 aromatic rings. The molecule has 2 rings (SSSR count). The van der Waals surface area contributed by atoms with E-state index in [4.69, 9.17) is 5.73 Å². The van der Waals surface area contributed by atoms with Gasteiger partial charge in [0.25, 0.3) is 0 Å². The van der Waals surface area contributed by atoms with E-state index in [0.717, 1.165) is 10.7 Å². The molecule has 0 fully saturated rings. The van der Waals surface area contributed by atoms with Crippen LogP contribution in [0.2, 0.25) is 0 Å². The van der Waals surface area contributed by atoms with E-state index in [1.165, 1.54) is 0 Å². The molecule has 5 heteroatoms. The average molecular weight is 246 g/mol. The summed E-state index contributed by atoms with van der Waals surface area (Å²) in [4.78, 5) is 8.55. The third-order valence-corrected chi connectivity index (χ3v) is 3.13. The third-order valence-electron chi connectivity index (χ3n) is 2.19. The number of hydrogen-bond acceptors (Lipinski definition) is 3. The van der Waals surface area contributed by atoms with Crippen molar-refractivity contribution >= 4 is 23.0 Å². The second-order valence-electron chi connectivity index (χ2n) is 3.55. The largest absolute Gasteiger partial charge is 0.370 e. The van der Waals surface area contributed by atoms with Gasteiger partial charge in [-0.3, -0.25) is 0 Å². The van der Waals surface area contributed by atoms with Crippen LogP contribution < -0.4 is 11.1 Å². The fourth-order valence-electron chi connectivity index (χ4n) is 1.41. The summed E-state index contributed by atoms with van der Waals surface area (Å²) in [5.74, 6) is 0.402. The monoisotopic (exact) mass is 246 g/mol. The molecule has 0 aliphatic heterocycles. The number of guanidine groups is 1. The highest BCUT2D eigenvalue weighted by Gasteiger charge is 2.06. The molecule has 0 bridgehead atoms. The maximum absolute atomic E-state index is 5.83. The van der Waals surface area contributed by atoms with Crippen LogP contribution in [0.4, 0.5) is 5.69 Å². The van der Waals surface area contributed by atoms with Crippen LogP contribution in [0.25, 0.3) is 0 Å². The van der Waals surface area contributed by atoms with Gasteiger partial charge in [-0.1, -0.05) is 18.2 Å². The molecule has 17 heavy (non-hydrogen) atoms. The van der Waals surface area contributed by atoms with Crippen molar-refractivity contribution in [3.63, 3.8) is 0 Å². The van der Waals surface area contributed by atoms with Crippen molar-refractivity contribution in [2.75, 3.05) is 5.32 Å². The lowest BCUT2D eigenvalue weighted by Gasteiger charge is -2.07. The number of benzene rings is 1. The van der Waals surface area contributed by atoms with Gasteiger partial charge in [0, 0.05) is 17.3 Å². The van der Waals surface area contributed by atoms with Gasteiger partial charge >= 0.3 is 0 Å². The highest BCUT2D eigenvalue weighted by molar-refractivity contribution is 7.09. The van der Waals surface area contributed by atoms with Crippen molar-refractivity contribution in [3.8, 4) is 0 Å². The first-order chi connectivity index (χ1) is 8.25. The van der Waals surface area contributed by atoms with E-state index >= 15 is 0 Å². The molecule has 1 aromatic carbocycles. The minimum atomic E-state index is -0.0220. The number of hydrogen-bond donors (Lipinski definition) is 2. The summed E-state index contributed by atoms with van der Waals surface area (Å²) in [6.07, 6.45) is 1.77. The van der Waals surface area contributed by atoms with Crippen LogP contribution in [0.1, 0.15) is 18.0 Å². The Morgan fingerprint density at radius 1 is 1.41 bits per heavy atom. The Hall–Kier alpha value is -1.88. The molecule has 0 aliphatic carbocycles. The normalized spacial score (nSPS) is 13.4. The Bertz CT molecular complexity index is 478. The number of nitrogens with zero attached hydrogens (tertiary/aromatic N) is 2. The van der Waals surface area contributed by atoms with Gasteiger partial charge in [0.05, 0.1) is 0 Å². The first kappa shape index (κ1) is 11.6. The first-order valence-corrected chi connectivity index (χ1v) is 6.18. The lowest BCUT2D eigenvalue weighted by atomic mass is 10.3. The molecule has 0 amide bonds. The molecular weight excluding hydrogens is 232 g/mol. The molecule has 3 N–H and O–H groups in total. The number of nitrogens with one attached hydrogen (secondary N) is 1. The maximum atomic E-state index is 5.83. The summed E-state index contributed by atoms with van der Waals surface area (Å²) >= 11 is 1.58. The molecule has 88 valence electrons. The van der Waals surface area contributed by atoms with Crippen LogP contribution in [0, 0.1) is 0 Å². The van der Waals surface area contributed by atoms with Crippen LogP contribution in [0.15, 0.2) is 46.9 Å². The van der Waals surface area contributed by atoms with E-state index in [-0.39, 0.29) is 6.04 Å². The van der Waals surface area contributed by atoms with Crippen molar-refractivity contribution in [1.29, 1.82) is 0 Å². The zero-order chi connectivity index (χ0) is 12.1. The Morgan fingerprint density at radius 3 is 2.82 bits per heavy atom. The van der Waals surface area contributed by atoms with Gasteiger partial charge < -0.3 is 11.1 Å². The number of thiazole rings is 1. The number of anilines is 1. The average Bonchev–Trinajstić information content (AvgIpc) is 2.83. The van der Waals surface area contributed by atoms with Gasteiger partial charge in [-0.25, -0.2) is 9.98 Å². The standard InChI is InChI=1S/C12H14N4S/c1-9(11-14-7-8-17-11)15-12(13)16-10-5-3-2-4-6-10/h2-9H,1H3,(H3,13,15,16). The second kappa shape index (κ2) is 5.45. The summed E-state index contributed by atoms with van der Waals surface area (Å²) in [5.41, 5.74) is 6.76. The molecule has 1 heterocycles. The predicted octanol–water partition coefficient (Wildman–Crippen LogP) is 2.63. The van der Waals surface area contributed by atoms with Crippen LogP contribution in [-0.2, 0) is 0 Å². The third kappa shape index (κ3) is 3.29. The number of rotatable bonds is 3. The minimum Gasteiger partial charge on any atom is -0.370 e. The van der Waals surface area contributed by atoms with Gasteiger partial charge in [0.15, 0.2) is 5.96 Å². The predicted molar refractivity (Wildman–Crippen MR) is 72.2 cm³/mol. The van der Waals surface area contributed by atoms with E-state index < -0.39 is 0 Å². The van der Waals surface area contributed by atoms with Crippen molar-refractivity contribution in [3.05, 3.63) is 46.9 Å². The quantitative estimate of drug-likeness (QED) is 0.646. The summed E-state index contributed by atoms with van der Waals surface area (Å²) < 4.78 is 0. The molecule has 0 saturated heterocycles. The maximum Gasteiger partial charge on any atom is 0.193 e. The SMILES string of the molecule is CC(N=C(N)Nc1ccccc1)c1nccs1. The van der Waals surface area contributed by atoms with E-state index in [9.17, 15) is 0 Å². The van der Waals surface area contributed by atoms with Crippen molar-refractivity contribution in [2.45, 2.75) is 13.0 Å². The summed E-state index contributed by atoms with van der Waals surface area (Å²) in [6, 6.07) is 9.70. The number of nitrogens with two attached hydrogens (primary N) is 1. The van der Waals surface area contributed by atoms with E-state index in [0.29, 0.717) is 5.96 Å². The molecular formula is C12H14N4S. The summed E-state index contributed by atoms with van der Waals surface area (Å²) in [7, 11) is 0. The number of para-hydroxylation sites is 1. The molecule has 1 aromatic heterocycles. The Balaban J connectivity index is 2.02. The highest BCUT2D eigenvalue weighted by Crippen LogP contribution is 2.18. The Kier molecular flexibility index (Phi) is 3.72. The van der Waals surface area contributed by atoms with Crippen molar-refractivity contribution in [1.82, 2.24) is 4.98 Å². The number of aromatic nitrogens is 1. The van der Waals surface area contributed by atoms with E-state index in [1.54, 1.807) is 17.5 Å². The van der Waals surface area contributed by atoms with Crippen LogP contribution in [-0.4, -0.2) is 10.9 Å². The van der Waals surface area contributed by atoms with Gasteiger partial charge in [0.2, 0.25) is 0 Å². The lowest BCUT2D eigenvalue weighted by Crippen LogP contribution is -2.23. The van der Waals surface area contributed by atoms with Gasteiger partial charge in [-0.15, -0.1) is 11.3 Å². The zero-order valence-corrected chi connectivity index (χ0v) is 10.3. The topological polar surface area (TPSA) is 63.3 Å². The fraction of sp³-hybridized carbons (Fsp3) is 0.167. The summed E-state index contributed by atoms with van der Waals surface area (Å²) in [6.45, 7) is 1.97. The molecule has 4 nitrogen and oxygen atoms in total. The minimum absolute atomic E-state index is 0.0220. The first-order valence-electron chi connectivity index (χ1n) is 5.30. The molecule has 0 spiro atoms. The molecule has 0 radical (unpaired) electrons. The molecule has 0 aliphatic rings. The Labute approximate surface area is 104 Å². The van der Waals surface area contributed by atoms with Crippen molar-refractivity contribution in [2.24, 2.45) is 10.7 Å². The smallest absolute Gasteiger partial charge is 0.193 e. The van der Waals surface area contributed by atoms with Gasteiger partial charge in [-0.2, -0.15) is 0 Å². The van der Waals surface area contributed by atoms with Crippen molar-refractivity contribution < 1.29 is 0 Å². The summed E-state index contributed by atoms with van der Waals surface area (Å²) in [5, 5.41) is 5.93. The van der Waals surface area contributed by atoms with Gasteiger partial charge in [-0.05, 0) is 19.1 Å². The lowest BCUT2D eigenvalue weighted by molar-refractivity contribution is 0.806. The van der Waals surface area contributed by atoms with Crippen LogP contribution >= 0.6 is 11.3 Å². The molecule has 0 saturated carbocycles. The number of aliphatic imine (C=N–C) groups is 1. The zero-order valence-electron chi connectivity index (χ0n) is 9.50. The fourth-order valence-corrected chi connectivity index (χ4v) is 2.04. The Morgan fingerprint density at radius 2 is 2.18 bits per heavy atom.